The highest BCUT2D eigenvalue weighted by Crippen LogP contribution is 2.33. The average molecular weight is 569 g/mol. The van der Waals surface area contributed by atoms with Gasteiger partial charge in [-0.3, -0.25) is 19.4 Å². The topological polar surface area (TPSA) is 131 Å². The van der Waals surface area contributed by atoms with Gasteiger partial charge in [0.1, 0.15) is 11.5 Å². The number of esters is 1. The number of benzene rings is 1. The van der Waals surface area contributed by atoms with Crippen LogP contribution in [0.3, 0.4) is 0 Å². The Bertz CT molecular complexity index is 1510. The van der Waals surface area contributed by atoms with Crippen molar-refractivity contribution < 1.29 is 28.3 Å². The summed E-state index contributed by atoms with van der Waals surface area (Å²) < 4.78 is 10.6. The molecule has 0 bridgehead atoms. The molecule has 3 aromatic rings. The van der Waals surface area contributed by atoms with Crippen LogP contribution in [0, 0.1) is 0 Å². The van der Waals surface area contributed by atoms with E-state index in [0.29, 0.717) is 22.2 Å². The minimum absolute atomic E-state index is 0.101. The number of allylic oxidation sites excluding steroid dienone is 1. The molecule has 0 fully saturated rings. The van der Waals surface area contributed by atoms with Crippen molar-refractivity contribution in [3.8, 4) is 0 Å². The Morgan fingerprint density at radius 2 is 1.90 bits per heavy atom. The van der Waals surface area contributed by atoms with Gasteiger partial charge < -0.3 is 24.7 Å². The summed E-state index contributed by atoms with van der Waals surface area (Å²) in [6, 6.07) is 11.1. The van der Waals surface area contributed by atoms with Crippen LogP contribution in [0.5, 0.6) is 0 Å². The van der Waals surface area contributed by atoms with Crippen molar-refractivity contribution in [3.63, 3.8) is 0 Å². The molecule has 0 atom stereocenters. The number of carbonyl (C=O) groups excluding carboxylic acids is 4. The highest BCUT2D eigenvalue weighted by atomic mass is 35.5. The van der Waals surface area contributed by atoms with E-state index in [4.69, 9.17) is 32.4 Å². The van der Waals surface area contributed by atoms with Gasteiger partial charge in [0.05, 0.1) is 41.4 Å². The van der Waals surface area contributed by atoms with Crippen LogP contribution in [0.1, 0.15) is 24.0 Å². The molecule has 39 heavy (non-hydrogen) atoms. The van der Waals surface area contributed by atoms with Crippen LogP contribution >= 0.6 is 23.2 Å². The first kappa shape index (κ1) is 27.6. The third kappa shape index (κ3) is 6.36. The Morgan fingerprint density at radius 1 is 1.10 bits per heavy atom. The van der Waals surface area contributed by atoms with Crippen LogP contribution in [0.4, 0.5) is 5.69 Å². The van der Waals surface area contributed by atoms with Gasteiger partial charge in [-0.1, -0.05) is 29.3 Å². The van der Waals surface area contributed by atoms with Gasteiger partial charge in [0, 0.05) is 23.8 Å². The van der Waals surface area contributed by atoms with E-state index in [1.54, 1.807) is 37.5 Å². The van der Waals surface area contributed by atoms with Crippen molar-refractivity contribution in [2.24, 2.45) is 0 Å². The molecule has 1 aromatic carbocycles. The van der Waals surface area contributed by atoms with Crippen molar-refractivity contribution >= 4 is 58.7 Å². The fourth-order valence-corrected chi connectivity index (χ4v) is 4.11. The zero-order chi connectivity index (χ0) is 28.1. The fourth-order valence-electron chi connectivity index (χ4n) is 3.81. The first-order valence-corrected chi connectivity index (χ1v) is 12.3. The molecule has 3 amide bonds. The summed E-state index contributed by atoms with van der Waals surface area (Å²) in [5.41, 5.74) is 1.76. The van der Waals surface area contributed by atoms with E-state index in [-0.39, 0.29) is 35.0 Å². The molecular formula is C27H22Cl2N4O6. The van der Waals surface area contributed by atoms with Crippen LogP contribution < -0.4 is 10.6 Å². The first-order chi connectivity index (χ1) is 18.7. The van der Waals surface area contributed by atoms with Crippen LogP contribution in [0.15, 0.2) is 76.1 Å². The van der Waals surface area contributed by atoms with Crippen molar-refractivity contribution in [1.29, 1.82) is 0 Å². The Balaban J connectivity index is 1.45. The number of methoxy groups -OCH3 is 1. The fraction of sp³-hybridized carbons (Fsp3) is 0.148. The zero-order valence-electron chi connectivity index (χ0n) is 20.8. The third-order valence-corrected chi connectivity index (χ3v) is 6.48. The van der Waals surface area contributed by atoms with Crippen LogP contribution in [0.25, 0.3) is 6.08 Å². The highest BCUT2D eigenvalue weighted by Gasteiger charge is 2.37. The number of furan rings is 1. The van der Waals surface area contributed by atoms with Crippen molar-refractivity contribution in [1.82, 2.24) is 15.2 Å². The maximum absolute atomic E-state index is 13.3. The number of halogens is 2. The standard InChI is InChI=1S/C27H22Cl2N4O6/c1-15-23(27(37)38-2)20(26(36)33(15)14-16-4-3-9-30-12-16)11-18-6-7-19(39-18)13-31-24(34)25(35)32-17-5-8-21(28)22(29)10-17/h3-12H,13-14H2,1-2H3,(H,31,34)(H,32,35)/b20-11+. The summed E-state index contributed by atoms with van der Waals surface area (Å²) in [7, 11) is 1.24. The summed E-state index contributed by atoms with van der Waals surface area (Å²) in [6.07, 6.45) is 4.70. The molecule has 1 aliphatic rings. The second kappa shape index (κ2) is 12.0. The molecule has 0 saturated heterocycles. The van der Waals surface area contributed by atoms with Gasteiger partial charge >= 0.3 is 17.8 Å². The molecule has 0 radical (unpaired) electrons. The highest BCUT2D eigenvalue weighted by molar-refractivity contribution is 6.43. The molecule has 4 rings (SSSR count). The third-order valence-electron chi connectivity index (χ3n) is 5.74. The number of carbonyl (C=O) groups is 4. The summed E-state index contributed by atoms with van der Waals surface area (Å²) in [6.45, 7) is 1.78. The maximum atomic E-state index is 13.3. The molecule has 1 aliphatic heterocycles. The van der Waals surface area contributed by atoms with E-state index in [0.717, 1.165) is 5.56 Å². The number of hydrogen-bond donors (Lipinski definition) is 2. The normalized spacial score (nSPS) is 14.1. The van der Waals surface area contributed by atoms with E-state index >= 15 is 0 Å². The summed E-state index contributed by atoms with van der Waals surface area (Å²) >= 11 is 11.8. The summed E-state index contributed by atoms with van der Waals surface area (Å²) in [5, 5.41) is 5.41. The number of pyridine rings is 1. The second-order valence-electron chi connectivity index (χ2n) is 8.33. The Kier molecular flexibility index (Phi) is 8.48. The number of aromatic nitrogens is 1. The maximum Gasteiger partial charge on any atom is 0.340 e. The predicted molar refractivity (Wildman–Crippen MR) is 143 cm³/mol. The lowest BCUT2D eigenvalue weighted by Crippen LogP contribution is -2.34. The molecule has 2 aromatic heterocycles. The largest absolute Gasteiger partial charge is 0.465 e. The first-order valence-electron chi connectivity index (χ1n) is 11.5. The lowest BCUT2D eigenvalue weighted by Gasteiger charge is -2.17. The number of ether oxygens (including phenoxy) is 1. The Hall–Kier alpha value is -4.41. The summed E-state index contributed by atoms with van der Waals surface area (Å²) in [5.74, 6) is -2.29. The Labute approximate surface area is 233 Å². The van der Waals surface area contributed by atoms with Crippen molar-refractivity contribution in [3.05, 3.63) is 98.8 Å². The molecule has 0 saturated carbocycles. The lowest BCUT2D eigenvalue weighted by atomic mass is 10.1. The smallest absolute Gasteiger partial charge is 0.340 e. The second-order valence-corrected chi connectivity index (χ2v) is 9.15. The number of amides is 3. The number of rotatable bonds is 7. The lowest BCUT2D eigenvalue weighted by molar-refractivity contribution is -0.136. The molecule has 3 heterocycles. The van der Waals surface area contributed by atoms with Gasteiger partial charge in [-0.25, -0.2) is 4.79 Å². The molecule has 10 nitrogen and oxygen atoms in total. The molecule has 0 spiro atoms. The average Bonchev–Trinajstić information content (AvgIpc) is 3.47. The molecule has 2 N–H and O–H groups in total. The molecule has 0 unspecified atom stereocenters. The number of nitrogens with zero attached hydrogens (tertiary/aromatic N) is 2. The van der Waals surface area contributed by atoms with Gasteiger partial charge in [-0.05, 0) is 55.0 Å². The van der Waals surface area contributed by atoms with Crippen LogP contribution in [0.2, 0.25) is 10.0 Å². The minimum Gasteiger partial charge on any atom is -0.465 e. The molecule has 0 aliphatic carbocycles. The molecule has 200 valence electrons. The van der Waals surface area contributed by atoms with E-state index in [2.05, 4.69) is 15.6 Å². The quantitative estimate of drug-likeness (QED) is 0.249. The summed E-state index contributed by atoms with van der Waals surface area (Å²) in [4.78, 5) is 55.8. The van der Waals surface area contributed by atoms with E-state index in [1.807, 2.05) is 6.07 Å². The van der Waals surface area contributed by atoms with Crippen molar-refractivity contribution in [2.75, 3.05) is 12.4 Å². The monoisotopic (exact) mass is 568 g/mol. The van der Waals surface area contributed by atoms with Crippen LogP contribution in [-0.2, 0) is 37.0 Å². The molecular weight excluding hydrogens is 547 g/mol. The van der Waals surface area contributed by atoms with E-state index in [1.165, 1.54) is 36.3 Å². The Morgan fingerprint density at radius 3 is 2.59 bits per heavy atom. The molecule has 12 heteroatoms. The number of nitrogens with one attached hydrogen (secondary N) is 2. The van der Waals surface area contributed by atoms with Gasteiger partial charge in [0.15, 0.2) is 0 Å². The number of anilines is 1. The van der Waals surface area contributed by atoms with E-state index < -0.39 is 23.7 Å². The van der Waals surface area contributed by atoms with Crippen molar-refractivity contribution in [2.45, 2.75) is 20.0 Å². The van der Waals surface area contributed by atoms with Gasteiger partial charge in [0.2, 0.25) is 0 Å². The van der Waals surface area contributed by atoms with E-state index in [9.17, 15) is 19.2 Å². The van der Waals surface area contributed by atoms with Gasteiger partial charge in [-0.15, -0.1) is 0 Å². The van der Waals surface area contributed by atoms with Crippen LogP contribution in [-0.4, -0.2) is 40.7 Å². The van der Waals surface area contributed by atoms with Gasteiger partial charge in [-0.2, -0.15) is 0 Å². The number of hydrogen-bond acceptors (Lipinski definition) is 7. The SMILES string of the molecule is COC(=O)C1=C(C)N(Cc2cccnc2)C(=O)/C1=C/c1ccc(CNC(=O)C(=O)Nc2ccc(Cl)c(Cl)c2)o1. The minimum atomic E-state index is -0.907. The zero-order valence-corrected chi connectivity index (χ0v) is 22.3. The van der Waals surface area contributed by atoms with Gasteiger partial charge in [0.25, 0.3) is 5.91 Å². The predicted octanol–water partition coefficient (Wildman–Crippen LogP) is 4.11.